The van der Waals surface area contributed by atoms with Crippen molar-refractivity contribution in [2.24, 2.45) is 52.9 Å². The van der Waals surface area contributed by atoms with Gasteiger partial charge in [0.1, 0.15) is 60.4 Å². The Morgan fingerprint density at radius 1 is 0.511 bits per heavy atom. The molecule has 0 aromatic heterocycles. The molecule has 1 aliphatic carbocycles. The highest BCUT2D eigenvalue weighted by Gasteiger charge is 2.58. The number of fused-ring (bicyclic) bond motifs is 5. The summed E-state index contributed by atoms with van der Waals surface area (Å²) >= 11 is 1.53. The minimum absolute atomic E-state index is 0.0344. The van der Waals surface area contributed by atoms with Crippen molar-refractivity contribution < 1.29 is 47.9 Å². The molecule has 23 heteroatoms. The van der Waals surface area contributed by atoms with E-state index in [0.717, 1.165) is 38.5 Å². The van der Waals surface area contributed by atoms with Crippen LogP contribution in [0.1, 0.15) is 177 Å². The van der Waals surface area contributed by atoms with Crippen molar-refractivity contribution in [3.05, 3.63) is 35.9 Å². The fourth-order valence-electron chi connectivity index (χ4n) is 13.5. The van der Waals surface area contributed by atoms with Gasteiger partial charge in [-0.2, -0.15) is 0 Å². The Morgan fingerprint density at radius 3 is 1.53 bits per heavy atom. The van der Waals surface area contributed by atoms with Gasteiger partial charge in [-0.1, -0.05) is 138 Å². The first kappa shape index (κ1) is 71.3. The standard InChI is InChI=1S/C65H106N12O10S/c1-10-11-12-13-14-16-24-42-33-43-44(34-42)65-77-51(36-88-65)60(83)74-53(40(8)9)62(85)69-45(25-19-28-66)55(78)70-47(31-37(2)3)57(80)72-49(35-41-22-17-15-18-23-41)63(86)76-30-21-27-50(76)59(82)73-52(39(6)7)61(84)68-46(26-20-29-67)56(79)71-48(32-38(4)5)58(81)75-54(43)64(77)87/h15,17-18,22-23,37-40,42-54,65H,10-14,16,19-21,24-36,66-67H2,1-9H3,(H,68,84)(H,69,85)(H,70,78)(H,71,79)(H,72,80)(H,73,82)(H,74,83)(H,75,81)/t42-,43?,44?,45-,46+,47-,48-,49+,50-,51-,52-,53-,54+,65-/m0/s1. The molecule has 5 fully saturated rings. The summed E-state index contributed by atoms with van der Waals surface area (Å²) in [4.78, 5) is 151. The van der Waals surface area contributed by atoms with E-state index in [2.05, 4.69) is 49.5 Å². The van der Waals surface area contributed by atoms with E-state index in [9.17, 15) is 43.2 Å². The number of rotatable bonds is 21. The molecule has 2 bridgehead atoms. The number of thioether (sulfide) groups is 1. The van der Waals surface area contributed by atoms with Gasteiger partial charge in [0.2, 0.25) is 59.1 Å². The van der Waals surface area contributed by atoms with Crippen molar-refractivity contribution in [2.75, 3.05) is 25.4 Å². The average molecular weight is 1250 g/mol. The van der Waals surface area contributed by atoms with Crippen molar-refractivity contribution in [3.63, 3.8) is 0 Å². The number of unbranched alkanes of at least 4 members (excludes halogenated alkanes) is 5. The van der Waals surface area contributed by atoms with Gasteiger partial charge in [0, 0.05) is 18.7 Å². The Bertz CT molecular complexity index is 2540. The van der Waals surface area contributed by atoms with Crippen LogP contribution in [-0.2, 0) is 54.4 Å². The van der Waals surface area contributed by atoms with Crippen LogP contribution in [0.2, 0.25) is 0 Å². The van der Waals surface area contributed by atoms with Gasteiger partial charge in [0.05, 0.1) is 5.37 Å². The molecular formula is C65H106N12O10S. The maximum atomic E-state index is 15.4. The van der Waals surface area contributed by atoms with E-state index in [0.29, 0.717) is 31.2 Å². The summed E-state index contributed by atoms with van der Waals surface area (Å²) in [5.74, 6) is -7.10. The van der Waals surface area contributed by atoms with E-state index in [1.165, 1.54) is 29.5 Å². The minimum Gasteiger partial charge on any atom is -0.343 e. The lowest BCUT2D eigenvalue weighted by Crippen LogP contribution is -2.66. The van der Waals surface area contributed by atoms with Crippen LogP contribution in [-0.4, -0.2) is 160 Å². The van der Waals surface area contributed by atoms with Crippen molar-refractivity contribution in [1.82, 2.24) is 52.3 Å². The molecule has 0 radical (unpaired) electrons. The van der Waals surface area contributed by atoms with E-state index in [-0.39, 0.29) is 98.9 Å². The predicted molar refractivity (Wildman–Crippen MR) is 340 cm³/mol. The number of piperidine rings is 1. The molecule has 2 unspecified atom stereocenters. The molecule has 4 heterocycles. The molecule has 4 saturated heterocycles. The number of nitrogens with one attached hydrogen (secondary N) is 8. The topological polar surface area (TPSA) is 325 Å². The van der Waals surface area contributed by atoms with Gasteiger partial charge in [-0.15, -0.1) is 11.8 Å². The molecule has 1 aromatic carbocycles. The Kier molecular flexibility index (Phi) is 27.9. The minimum atomic E-state index is -1.21. The molecule has 6 rings (SSSR count). The molecule has 0 spiro atoms. The number of carbonyl (C=O) groups excluding carboxylic acids is 10. The lowest BCUT2D eigenvalue weighted by Gasteiger charge is -2.44. The molecule has 22 nitrogen and oxygen atoms in total. The second-order valence-corrected chi connectivity index (χ2v) is 28.1. The second-order valence-electron chi connectivity index (χ2n) is 27.0. The van der Waals surface area contributed by atoms with Crippen LogP contribution in [0.5, 0.6) is 0 Å². The number of hydrogen-bond donors (Lipinski definition) is 10. The molecule has 5 aliphatic rings. The normalized spacial score (nSPS) is 30.1. The van der Waals surface area contributed by atoms with Gasteiger partial charge in [0.15, 0.2) is 0 Å². The van der Waals surface area contributed by atoms with E-state index in [4.69, 9.17) is 11.5 Å². The van der Waals surface area contributed by atoms with Crippen LogP contribution < -0.4 is 54.0 Å². The Hall–Kier alpha value is -5.81. The lowest BCUT2D eigenvalue weighted by atomic mass is 9.82. The summed E-state index contributed by atoms with van der Waals surface area (Å²) in [6, 6.07) is -2.33. The maximum absolute atomic E-state index is 15.4. The van der Waals surface area contributed by atoms with Crippen LogP contribution in [0.4, 0.5) is 0 Å². The molecular weight excluding hydrogens is 1140 g/mol. The third-order valence-corrected chi connectivity index (χ3v) is 19.7. The van der Waals surface area contributed by atoms with Crippen molar-refractivity contribution >= 4 is 70.8 Å². The summed E-state index contributed by atoms with van der Waals surface area (Å²) in [5, 5.41) is 23.1. The highest BCUT2D eigenvalue weighted by Crippen LogP contribution is 2.52. The smallest absolute Gasteiger partial charge is 0.247 e. The van der Waals surface area contributed by atoms with Crippen LogP contribution >= 0.6 is 11.8 Å². The summed E-state index contributed by atoms with van der Waals surface area (Å²) in [6.45, 7) is 17.3. The fourth-order valence-corrected chi connectivity index (χ4v) is 15.2. The second kappa shape index (κ2) is 34.4. The average Bonchev–Trinajstić information content (AvgIpc) is 2.06. The Labute approximate surface area is 526 Å². The maximum Gasteiger partial charge on any atom is 0.247 e. The molecule has 14 atom stereocenters. The van der Waals surface area contributed by atoms with Crippen molar-refractivity contribution in [1.29, 1.82) is 0 Å². The number of benzene rings is 1. The van der Waals surface area contributed by atoms with E-state index < -0.39 is 131 Å². The van der Waals surface area contributed by atoms with E-state index >= 15 is 4.79 Å². The Morgan fingerprint density at radius 2 is 1.00 bits per heavy atom. The molecule has 10 amide bonds. The molecule has 1 saturated carbocycles. The van der Waals surface area contributed by atoms with Gasteiger partial charge in [-0.25, -0.2) is 0 Å². The first-order valence-corrected chi connectivity index (χ1v) is 34.1. The summed E-state index contributed by atoms with van der Waals surface area (Å²) < 4.78 is 0. The van der Waals surface area contributed by atoms with Gasteiger partial charge in [0.25, 0.3) is 0 Å². The number of amides is 10. The van der Waals surface area contributed by atoms with Crippen LogP contribution in [0.15, 0.2) is 30.3 Å². The molecule has 4 aliphatic heterocycles. The lowest BCUT2D eigenvalue weighted by molar-refractivity contribution is -0.150. The van der Waals surface area contributed by atoms with Crippen LogP contribution in [0.3, 0.4) is 0 Å². The predicted octanol–water partition coefficient (Wildman–Crippen LogP) is 3.67. The SMILES string of the molecule is CCCCCCCC[C@H]1CC2C(C1)[C@@H]1SC[C@H]3C(=O)N[C@@H](C(C)C)C(=O)N[C@@H](CCCN)C(=O)N[C@@H](CC(C)C)C(=O)N[C@H](Cc4ccccc4)C(=O)N4CCC[C@H]4C(=O)N[C@@H](C(C)C)C(=O)N[C@H](CCCN)C(=O)N[C@@H](CC(C)C)C(=O)N[C@H]2C(=O)N31. The summed E-state index contributed by atoms with van der Waals surface area (Å²) in [5.41, 5.74) is 12.7. The third kappa shape index (κ3) is 19.4. The molecule has 12 N–H and O–H groups in total. The first-order chi connectivity index (χ1) is 42.0. The van der Waals surface area contributed by atoms with Gasteiger partial charge < -0.3 is 63.8 Å². The van der Waals surface area contributed by atoms with Crippen LogP contribution in [0, 0.1) is 41.4 Å². The molecule has 1 aromatic rings. The monoisotopic (exact) mass is 1250 g/mol. The highest BCUT2D eigenvalue weighted by atomic mass is 32.2. The number of carbonyl (C=O) groups is 10. The quantitative estimate of drug-likeness (QED) is 0.0787. The fraction of sp³-hybridized carbons (Fsp3) is 0.754. The van der Waals surface area contributed by atoms with Crippen LogP contribution in [0.25, 0.3) is 0 Å². The summed E-state index contributed by atoms with van der Waals surface area (Å²) in [6.07, 6.45) is 11.2. The van der Waals surface area contributed by atoms with E-state index in [1.54, 1.807) is 44.7 Å². The molecule has 88 heavy (non-hydrogen) atoms. The largest absolute Gasteiger partial charge is 0.343 e. The third-order valence-electron chi connectivity index (χ3n) is 18.2. The summed E-state index contributed by atoms with van der Waals surface area (Å²) in [7, 11) is 0. The zero-order valence-electron chi connectivity index (χ0n) is 53.9. The Balaban J connectivity index is 1.40. The first-order valence-electron chi connectivity index (χ1n) is 33.1. The van der Waals surface area contributed by atoms with E-state index in [1.807, 2.05) is 45.9 Å². The van der Waals surface area contributed by atoms with Crippen molar-refractivity contribution in [2.45, 2.75) is 244 Å². The van der Waals surface area contributed by atoms with Gasteiger partial charge in [-0.05, 0) is 124 Å². The number of nitrogens with two attached hydrogens (primary N) is 2. The zero-order chi connectivity index (χ0) is 64.4. The zero-order valence-corrected chi connectivity index (χ0v) is 54.7. The number of nitrogens with zero attached hydrogens (tertiary/aromatic N) is 2. The van der Waals surface area contributed by atoms with Gasteiger partial charge in [-0.3, -0.25) is 47.9 Å². The van der Waals surface area contributed by atoms with Crippen molar-refractivity contribution in [3.8, 4) is 0 Å². The highest BCUT2D eigenvalue weighted by molar-refractivity contribution is 8.00. The van der Waals surface area contributed by atoms with Gasteiger partial charge >= 0.3 is 0 Å². The number of hydrogen-bond acceptors (Lipinski definition) is 13. The molecule has 492 valence electrons.